The zero-order chi connectivity index (χ0) is 12.9. The van der Waals surface area contributed by atoms with E-state index in [4.69, 9.17) is 5.73 Å². The SMILES string of the molecule is CCCC1CCN(CC(C)(NCC)C(N)=O)C1. The lowest BCUT2D eigenvalue weighted by Crippen LogP contribution is -2.59. The standard InChI is InChI=1S/C13H27N3O/c1-4-6-11-7-8-16(9-11)10-13(3,12(14)17)15-5-2/h11,15H,4-10H2,1-3H3,(H2,14,17). The molecule has 1 saturated heterocycles. The van der Waals surface area contributed by atoms with Gasteiger partial charge in [-0.25, -0.2) is 0 Å². The Bertz CT molecular complexity index is 257. The van der Waals surface area contributed by atoms with Crippen LogP contribution in [0.15, 0.2) is 0 Å². The molecule has 100 valence electrons. The van der Waals surface area contributed by atoms with Gasteiger partial charge in [-0.2, -0.15) is 0 Å². The second-order valence-electron chi connectivity index (χ2n) is 5.41. The molecular weight excluding hydrogens is 214 g/mol. The Kier molecular flexibility index (Phi) is 5.40. The van der Waals surface area contributed by atoms with Crippen molar-refractivity contribution < 1.29 is 4.79 Å². The zero-order valence-corrected chi connectivity index (χ0v) is 11.5. The van der Waals surface area contributed by atoms with Crippen molar-refractivity contribution in [1.82, 2.24) is 10.2 Å². The van der Waals surface area contributed by atoms with E-state index in [0.717, 1.165) is 32.1 Å². The molecule has 1 aliphatic rings. The summed E-state index contributed by atoms with van der Waals surface area (Å²) < 4.78 is 0. The van der Waals surface area contributed by atoms with Gasteiger partial charge in [-0.3, -0.25) is 4.79 Å². The molecular formula is C13H27N3O. The number of hydrogen-bond donors (Lipinski definition) is 2. The average Bonchev–Trinajstić information content (AvgIpc) is 2.66. The van der Waals surface area contributed by atoms with Crippen molar-refractivity contribution in [2.24, 2.45) is 11.7 Å². The maximum Gasteiger partial charge on any atom is 0.238 e. The van der Waals surface area contributed by atoms with Crippen LogP contribution in [-0.4, -0.2) is 42.5 Å². The number of carbonyl (C=O) groups excluding carboxylic acids is 1. The van der Waals surface area contributed by atoms with Crippen LogP contribution in [0.25, 0.3) is 0 Å². The van der Waals surface area contributed by atoms with Gasteiger partial charge < -0.3 is 16.0 Å². The molecule has 1 amide bonds. The third-order valence-electron chi connectivity index (χ3n) is 3.72. The molecule has 0 spiro atoms. The molecule has 4 nitrogen and oxygen atoms in total. The molecule has 1 fully saturated rings. The van der Waals surface area contributed by atoms with Crippen LogP contribution in [0.5, 0.6) is 0 Å². The minimum atomic E-state index is -0.587. The number of likely N-dealkylation sites (tertiary alicyclic amines) is 1. The number of amides is 1. The zero-order valence-electron chi connectivity index (χ0n) is 11.5. The highest BCUT2D eigenvalue weighted by Crippen LogP contribution is 2.22. The van der Waals surface area contributed by atoms with Crippen molar-refractivity contribution in [2.45, 2.75) is 45.6 Å². The van der Waals surface area contributed by atoms with Gasteiger partial charge in [-0.15, -0.1) is 0 Å². The first-order valence-corrected chi connectivity index (χ1v) is 6.79. The fourth-order valence-electron chi connectivity index (χ4n) is 2.76. The van der Waals surface area contributed by atoms with Gasteiger partial charge in [0.05, 0.1) is 0 Å². The molecule has 0 aromatic carbocycles. The smallest absolute Gasteiger partial charge is 0.238 e. The van der Waals surface area contributed by atoms with E-state index in [9.17, 15) is 4.79 Å². The van der Waals surface area contributed by atoms with Crippen molar-refractivity contribution in [3.05, 3.63) is 0 Å². The number of rotatable bonds is 7. The van der Waals surface area contributed by atoms with E-state index in [0.29, 0.717) is 0 Å². The van der Waals surface area contributed by atoms with Gasteiger partial charge in [0.1, 0.15) is 5.54 Å². The fourth-order valence-corrected chi connectivity index (χ4v) is 2.76. The van der Waals surface area contributed by atoms with Gasteiger partial charge in [0.2, 0.25) is 5.91 Å². The second kappa shape index (κ2) is 6.36. The normalized spacial score (nSPS) is 24.8. The first-order chi connectivity index (χ1) is 8.01. The Morgan fingerprint density at radius 1 is 1.53 bits per heavy atom. The van der Waals surface area contributed by atoms with Crippen LogP contribution in [0.4, 0.5) is 0 Å². The molecule has 4 heteroatoms. The topological polar surface area (TPSA) is 58.4 Å². The first kappa shape index (κ1) is 14.5. The fraction of sp³-hybridized carbons (Fsp3) is 0.923. The Morgan fingerprint density at radius 2 is 2.24 bits per heavy atom. The largest absolute Gasteiger partial charge is 0.368 e. The van der Waals surface area contributed by atoms with Crippen molar-refractivity contribution in [3.8, 4) is 0 Å². The van der Waals surface area contributed by atoms with Crippen LogP contribution in [0, 0.1) is 5.92 Å². The Labute approximate surface area is 105 Å². The summed E-state index contributed by atoms with van der Waals surface area (Å²) in [5.74, 6) is 0.553. The van der Waals surface area contributed by atoms with Crippen LogP contribution >= 0.6 is 0 Å². The number of likely N-dealkylation sites (N-methyl/N-ethyl adjacent to an activating group) is 1. The highest BCUT2D eigenvalue weighted by atomic mass is 16.1. The molecule has 0 aromatic heterocycles. The summed E-state index contributed by atoms with van der Waals surface area (Å²) in [5.41, 5.74) is 4.91. The van der Waals surface area contributed by atoms with Crippen LogP contribution in [-0.2, 0) is 4.79 Å². The maximum atomic E-state index is 11.5. The van der Waals surface area contributed by atoms with E-state index in [2.05, 4.69) is 17.1 Å². The molecule has 0 radical (unpaired) electrons. The molecule has 0 saturated carbocycles. The summed E-state index contributed by atoms with van der Waals surface area (Å²) in [6, 6.07) is 0. The van der Waals surface area contributed by atoms with Crippen LogP contribution in [0.2, 0.25) is 0 Å². The van der Waals surface area contributed by atoms with Crippen molar-refractivity contribution in [2.75, 3.05) is 26.2 Å². The molecule has 0 bridgehead atoms. The maximum absolute atomic E-state index is 11.5. The third-order valence-corrected chi connectivity index (χ3v) is 3.72. The number of primary amides is 1. The number of nitrogens with two attached hydrogens (primary N) is 1. The average molecular weight is 241 g/mol. The minimum Gasteiger partial charge on any atom is -0.368 e. The van der Waals surface area contributed by atoms with E-state index >= 15 is 0 Å². The van der Waals surface area contributed by atoms with Gasteiger partial charge in [0.25, 0.3) is 0 Å². The summed E-state index contributed by atoms with van der Waals surface area (Å²) >= 11 is 0. The van der Waals surface area contributed by atoms with E-state index in [-0.39, 0.29) is 5.91 Å². The quantitative estimate of drug-likeness (QED) is 0.698. The third kappa shape index (κ3) is 3.96. The van der Waals surface area contributed by atoms with Gasteiger partial charge >= 0.3 is 0 Å². The number of nitrogens with one attached hydrogen (secondary N) is 1. The van der Waals surface area contributed by atoms with Crippen molar-refractivity contribution in [3.63, 3.8) is 0 Å². The predicted octanol–water partition coefficient (Wildman–Crippen LogP) is 0.962. The van der Waals surface area contributed by atoms with Gasteiger partial charge in [0.15, 0.2) is 0 Å². The van der Waals surface area contributed by atoms with Gasteiger partial charge in [-0.05, 0) is 38.8 Å². The lowest BCUT2D eigenvalue weighted by Gasteiger charge is -2.31. The molecule has 2 atom stereocenters. The van der Waals surface area contributed by atoms with E-state index in [1.54, 1.807) is 0 Å². The molecule has 0 aliphatic carbocycles. The predicted molar refractivity (Wildman–Crippen MR) is 70.7 cm³/mol. The molecule has 0 aromatic rings. The lowest BCUT2D eigenvalue weighted by molar-refractivity contribution is -0.124. The highest BCUT2D eigenvalue weighted by molar-refractivity contribution is 5.84. The van der Waals surface area contributed by atoms with Gasteiger partial charge in [-0.1, -0.05) is 20.3 Å². The molecule has 1 rings (SSSR count). The Balaban J connectivity index is 2.49. The van der Waals surface area contributed by atoms with Crippen LogP contribution in [0.1, 0.15) is 40.0 Å². The number of nitrogens with zero attached hydrogens (tertiary/aromatic N) is 1. The highest BCUT2D eigenvalue weighted by Gasteiger charge is 2.34. The van der Waals surface area contributed by atoms with E-state index in [1.165, 1.54) is 19.3 Å². The molecule has 3 N–H and O–H groups in total. The van der Waals surface area contributed by atoms with Crippen LogP contribution in [0.3, 0.4) is 0 Å². The summed E-state index contributed by atoms with van der Waals surface area (Å²) in [6.07, 6.45) is 3.80. The van der Waals surface area contributed by atoms with Crippen molar-refractivity contribution >= 4 is 5.91 Å². The monoisotopic (exact) mass is 241 g/mol. The van der Waals surface area contributed by atoms with E-state index < -0.39 is 5.54 Å². The second-order valence-corrected chi connectivity index (χ2v) is 5.41. The summed E-state index contributed by atoms with van der Waals surface area (Å²) in [7, 11) is 0. The minimum absolute atomic E-state index is 0.252. The van der Waals surface area contributed by atoms with Crippen LogP contribution < -0.4 is 11.1 Å². The Hall–Kier alpha value is -0.610. The summed E-state index contributed by atoms with van der Waals surface area (Å²) in [5, 5.41) is 3.22. The van der Waals surface area contributed by atoms with E-state index in [1.807, 2.05) is 13.8 Å². The molecule has 2 unspecified atom stereocenters. The van der Waals surface area contributed by atoms with Crippen molar-refractivity contribution in [1.29, 1.82) is 0 Å². The molecule has 1 aliphatic heterocycles. The summed E-state index contributed by atoms with van der Waals surface area (Å²) in [4.78, 5) is 13.9. The number of hydrogen-bond acceptors (Lipinski definition) is 3. The number of carbonyl (C=O) groups is 1. The lowest BCUT2D eigenvalue weighted by atomic mass is 10.0. The van der Waals surface area contributed by atoms with Gasteiger partial charge in [0, 0.05) is 13.1 Å². The molecule has 1 heterocycles. The molecule has 17 heavy (non-hydrogen) atoms. The summed E-state index contributed by atoms with van der Waals surface area (Å²) in [6.45, 7) is 9.86. The Morgan fingerprint density at radius 3 is 2.76 bits per heavy atom. The first-order valence-electron chi connectivity index (χ1n) is 6.79.